The quantitative estimate of drug-likeness (QED) is 0.786. The second-order valence-electron chi connectivity index (χ2n) is 4.86. The highest BCUT2D eigenvalue weighted by molar-refractivity contribution is 7.80. The van der Waals surface area contributed by atoms with Gasteiger partial charge in [0.15, 0.2) is 0 Å². The standard InChI is InChI=1S/C15H15NOS2/c1-10-6-7-11-4-2-3-5-13(11)16(10)15(17)14-8-12(18)9-19-14/h2-5,8-10,18H,6-7H2,1H3. The van der Waals surface area contributed by atoms with Crippen LogP contribution in [0.4, 0.5) is 5.69 Å². The van der Waals surface area contributed by atoms with Crippen LogP contribution < -0.4 is 4.90 Å². The summed E-state index contributed by atoms with van der Waals surface area (Å²) in [5.74, 6) is 0.0879. The second kappa shape index (κ2) is 5.02. The first-order valence-corrected chi connectivity index (χ1v) is 7.68. The summed E-state index contributed by atoms with van der Waals surface area (Å²) in [6.45, 7) is 2.11. The molecule has 0 fully saturated rings. The lowest BCUT2D eigenvalue weighted by Gasteiger charge is -2.35. The predicted octanol–water partition coefficient (Wildman–Crippen LogP) is 4.02. The van der Waals surface area contributed by atoms with E-state index < -0.39 is 0 Å². The number of nitrogens with zero attached hydrogens (tertiary/aromatic N) is 1. The van der Waals surface area contributed by atoms with Crippen LogP contribution in [0.25, 0.3) is 0 Å². The minimum Gasteiger partial charge on any atom is -0.305 e. The van der Waals surface area contributed by atoms with Gasteiger partial charge >= 0.3 is 0 Å². The summed E-state index contributed by atoms with van der Waals surface area (Å²) in [5.41, 5.74) is 2.32. The maximum absolute atomic E-state index is 12.7. The summed E-state index contributed by atoms with van der Waals surface area (Å²) in [5, 5.41) is 1.90. The fourth-order valence-corrected chi connectivity index (χ4v) is 3.64. The van der Waals surface area contributed by atoms with Crippen LogP contribution in [-0.2, 0) is 6.42 Å². The summed E-state index contributed by atoms with van der Waals surface area (Å²) >= 11 is 5.74. The second-order valence-corrected chi connectivity index (χ2v) is 6.29. The normalized spacial score (nSPS) is 18.2. The number of rotatable bonds is 1. The van der Waals surface area contributed by atoms with E-state index in [1.165, 1.54) is 16.9 Å². The van der Waals surface area contributed by atoms with Gasteiger partial charge in [-0.1, -0.05) is 18.2 Å². The Bertz CT molecular complexity index is 620. The highest BCUT2D eigenvalue weighted by Crippen LogP contribution is 2.32. The minimum atomic E-state index is 0.0879. The molecule has 0 saturated heterocycles. The van der Waals surface area contributed by atoms with E-state index >= 15 is 0 Å². The molecule has 0 spiro atoms. The largest absolute Gasteiger partial charge is 0.305 e. The van der Waals surface area contributed by atoms with Crippen LogP contribution in [0.3, 0.4) is 0 Å². The molecular weight excluding hydrogens is 274 g/mol. The number of carbonyl (C=O) groups excluding carboxylic acids is 1. The lowest BCUT2D eigenvalue weighted by molar-refractivity contribution is 0.0979. The Morgan fingerprint density at radius 3 is 2.95 bits per heavy atom. The molecule has 2 aromatic rings. The van der Waals surface area contributed by atoms with Crippen LogP contribution in [0.5, 0.6) is 0 Å². The number of hydrogen-bond acceptors (Lipinski definition) is 3. The molecule has 1 unspecified atom stereocenters. The van der Waals surface area contributed by atoms with Crippen molar-refractivity contribution < 1.29 is 4.79 Å². The molecule has 0 bridgehead atoms. The van der Waals surface area contributed by atoms with Gasteiger partial charge in [0.05, 0.1) is 4.88 Å². The van der Waals surface area contributed by atoms with E-state index in [1.54, 1.807) is 0 Å². The van der Waals surface area contributed by atoms with Gasteiger partial charge in [0.1, 0.15) is 0 Å². The molecule has 1 aromatic carbocycles. The van der Waals surface area contributed by atoms with Gasteiger partial charge in [-0.2, -0.15) is 0 Å². The third-order valence-electron chi connectivity index (χ3n) is 3.54. The van der Waals surface area contributed by atoms with E-state index in [4.69, 9.17) is 0 Å². The fraction of sp³-hybridized carbons (Fsp3) is 0.267. The first-order valence-electron chi connectivity index (χ1n) is 6.36. The van der Waals surface area contributed by atoms with Crippen LogP contribution >= 0.6 is 24.0 Å². The van der Waals surface area contributed by atoms with Crippen molar-refractivity contribution in [3.63, 3.8) is 0 Å². The van der Waals surface area contributed by atoms with E-state index in [0.29, 0.717) is 0 Å². The third-order valence-corrected chi connectivity index (χ3v) is 4.89. The SMILES string of the molecule is CC1CCc2ccccc2N1C(=O)c1cc(S)cs1. The van der Waals surface area contributed by atoms with E-state index in [-0.39, 0.29) is 11.9 Å². The predicted molar refractivity (Wildman–Crippen MR) is 82.6 cm³/mol. The molecule has 3 rings (SSSR count). The van der Waals surface area contributed by atoms with Crippen molar-refractivity contribution in [2.45, 2.75) is 30.7 Å². The van der Waals surface area contributed by atoms with Crippen molar-refractivity contribution in [2.75, 3.05) is 4.90 Å². The summed E-state index contributed by atoms with van der Waals surface area (Å²) < 4.78 is 0. The van der Waals surface area contributed by atoms with Crippen molar-refractivity contribution in [3.05, 3.63) is 46.2 Å². The smallest absolute Gasteiger partial charge is 0.268 e. The van der Waals surface area contributed by atoms with Crippen molar-refractivity contribution in [1.82, 2.24) is 0 Å². The van der Waals surface area contributed by atoms with Crippen LogP contribution in [0, 0.1) is 0 Å². The number of hydrogen-bond donors (Lipinski definition) is 1. The summed E-state index contributed by atoms with van der Waals surface area (Å²) in [4.78, 5) is 16.2. The van der Waals surface area contributed by atoms with Crippen LogP contribution in [0.15, 0.2) is 40.6 Å². The number of aryl methyl sites for hydroxylation is 1. The number of carbonyl (C=O) groups is 1. The van der Waals surface area contributed by atoms with Gasteiger partial charge in [-0.15, -0.1) is 24.0 Å². The number of anilines is 1. The molecule has 2 heterocycles. The molecule has 1 amide bonds. The molecule has 1 atom stereocenters. The summed E-state index contributed by atoms with van der Waals surface area (Å²) in [6.07, 6.45) is 2.06. The Balaban J connectivity index is 2.02. The molecule has 0 N–H and O–H groups in total. The van der Waals surface area contributed by atoms with Gasteiger partial charge in [-0.05, 0) is 37.5 Å². The first-order chi connectivity index (χ1) is 9.16. The van der Waals surface area contributed by atoms with Crippen LogP contribution in [0.1, 0.15) is 28.6 Å². The van der Waals surface area contributed by atoms with Gasteiger partial charge < -0.3 is 4.90 Å². The lowest BCUT2D eigenvalue weighted by atomic mass is 9.96. The van der Waals surface area contributed by atoms with Gasteiger partial charge in [0.2, 0.25) is 0 Å². The number of thiophene rings is 1. The maximum atomic E-state index is 12.7. The number of benzene rings is 1. The van der Waals surface area contributed by atoms with Gasteiger partial charge in [-0.3, -0.25) is 4.79 Å². The van der Waals surface area contributed by atoms with Crippen molar-refractivity contribution in [3.8, 4) is 0 Å². The molecule has 0 saturated carbocycles. The van der Waals surface area contributed by atoms with E-state index in [0.717, 1.165) is 28.3 Å². The molecule has 19 heavy (non-hydrogen) atoms. The Hall–Kier alpha value is -1.26. The average molecular weight is 289 g/mol. The van der Waals surface area contributed by atoms with Gasteiger partial charge in [0, 0.05) is 22.0 Å². The van der Waals surface area contributed by atoms with Crippen LogP contribution in [-0.4, -0.2) is 11.9 Å². The molecule has 98 valence electrons. The van der Waals surface area contributed by atoms with E-state index in [2.05, 4.69) is 25.6 Å². The van der Waals surface area contributed by atoms with Crippen molar-refractivity contribution >= 4 is 35.6 Å². The number of amides is 1. The molecule has 0 aliphatic carbocycles. The molecule has 1 aliphatic heterocycles. The number of para-hydroxylation sites is 1. The van der Waals surface area contributed by atoms with Crippen molar-refractivity contribution in [2.24, 2.45) is 0 Å². The monoisotopic (exact) mass is 289 g/mol. The first kappa shape index (κ1) is 12.8. The van der Waals surface area contributed by atoms with Crippen LogP contribution in [0.2, 0.25) is 0 Å². The minimum absolute atomic E-state index is 0.0879. The summed E-state index contributed by atoms with van der Waals surface area (Å²) in [7, 11) is 0. The molecule has 1 aromatic heterocycles. The Morgan fingerprint density at radius 2 is 2.21 bits per heavy atom. The zero-order valence-electron chi connectivity index (χ0n) is 10.7. The molecule has 0 radical (unpaired) electrons. The zero-order valence-corrected chi connectivity index (χ0v) is 12.4. The third kappa shape index (κ3) is 2.30. The Kier molecular flexibility index (Phi) is 3.37. The topological polar surface area (TPSA) is 20.3 Å². The molecule has 2 nitrogen and oxygen atoms in total. The molecule has 4 heteroatoms. The average Bonchev–Trinajstić information content (AvgIpc) is 2.85. The number of thiol groups is 1. The maximum Gasteiger partial charge on any atom is 0.268 e. The Labute approximate surface area is 122 Å². The van der Waals surface area contributed by atoms with Gasteiger partial charge in [-0.25, -0.2) is 0 Å². The van der Waals surface area contributed by atoms with Crippen molar-refractivity contribution in [1.29, 1.82) is 0 Å². The fourth-order valence-electron chi connectivity index (χ4n) is 2.55. The van der Waals surface area contributed by atoms with E-state index in [9.17, 15) is 4.79 Å². The lowest BCUT2D eigenvalue weighted by Crippen LogP contribution is -2.41. The number of fused-ring (bicyclic) bond motifs is 1. The molecule has 1 aliphatic rings. The van der Waals surface area contributed by atoms with Gasteiger partial charge in [0.25, 0.3) is 5.91 Å². The summed E-state index contributed by atoms with van der Waals surface area (Å²) in [6, 6.07) is 10.3. The highest BCUT2D eigenvalue weighted by atomic mass is 32.1. The zero-order chi connectivity index (χ0) is 13.4. The Morgan fingerprint density at radius 1 is 1.42 bits per heavy atom. The highest BCUT2D eigenvalue weighted by Gasteiger charge is 2.29. The molecular formula is C15H15NOS2. The van der Waals surface area contributed by atoms with E-state index in [1.807, 2.05) is 34.5 Å².